The van der Waals surface area contributed by atoms with E-state index in [1.54, 1.807) is 55.8 Å². The summed E-state index contributed by atoms with van der Waals surface area (Å²) in [6.45, 7) is 0.928. The molecule has 0 radical (unpaired) electrons. The van der Waals surface area contributed by atoms with Crippen LogP contribution < -0.4 is 4.74 Å². The van der Waals surface area contributed by atoms with Crippen LogP contribution in [0.1, 0.15) is 17.3 Å². The molecule has 7 heteroatoms. The summed E-state index contributed by atoms with van der Waals surface area (Å²) in [6.07, 6.45) is 1.61. The quantitative estimate of drug-likeness (QED) is 0.469. The molecule has 1 aromatic carbocycles. The van der Waals surface area contributed by atoms with Crippen molar-refractivity contribution < 1.29 is 19.4 Å². The van der Waals surface area contributed by atoms with Crippen molar-refractivity contribution in [1.82, 2.24) is 14.8 Å². The van der Waals surface area contributed by atoms with Gasteiger partial charge in [0.15, 0.2) is 0 Å². The first-order valence-electron chi connectivity index (χ1n) is 8.92. The molecule has 1 N–H and O–H groups in total. The van der Waals surface area contributed by atoms with Crippen LogP contribution in [0.5, 0.6) is 5.75 Å². The highest BCUT2D eigenvalue weighted by Crippen LogP contribution is 2.38. The number of ketones is 1. The minimum Gasteiger partial charge on any atom is -0.507 e. The molecule has 2 aromatic rings. The van der Waals surface area contributed by atoms with Gasteiger partial charge in [-0.25, -0.2) is 0 Å². The van der Waals surface area contributed by atoms with Gasteiger partial charge in [0.25, 0.3) is 11.7 Å². The molecule has 2 heterocycles. The van der Waals surface area contributed by atoms with Gasteiger partial charge in [0.2, 0.25) is 0 Å². The van der Waals surface area contributed by atoms with Crippen LogP contribution in [-0.4, -0.2) is 65.9 Å². The van der Waals surface area contributed by atoms with Crippen LogP contribution in [0.25, 0.3) is 5.76 Å². The number of hydrogen-bond acceptors (Lipinski definition) is 6. The van der Waals surface area contributed by atoms with Crippen molar-refractivity contribution in [1.29, 1.82) is 0 Å². The molecule has 3 rings (SSSR count). The lowest BCUT2D eigenvalue weighted by molar-refractivity contribution is -0.140. The highest BCUT2D eigenvalue weighted by atomic mass is 16.5. The smallest absolute Gasteiger partial charge is 0.295 e. The second-order valence-corrected chi connectivity index (χ2v) is 6.78. The van der Waals surface area contributed by atoms with Crippen molar-refractivity contribution in [2.24, 2.45) is 0 Å². The van der Waals surface area contributed by atoms with E-state index in [2.05, 4.69) is 4.98 Å². The van der Waals surface area contributed by atoms with Crippen LogP contribution in [0.2, 0.25) is 0 Å². The molecule has 0 saturated carbocycles. The highest BCUT2D eigenvalue weighted by molar-refractivity contribution is 6.46. The van der Waals surface area contributed by atoms with Gasteiger partial charge in [-0.2, -0.15) is 0 Å². The molecule has 0 aliphatic carbocycles. The van der Waals surface area contributed by atoms with Gasteiger partial charge >= 0.3 is 0 Å². The van der Waals surface area contributed by atoms with E-state index in [1.807, 2.05) is 19.0 Å². The second-order valence-electron chi connectivity index (χ2n) is 6.78. The fourth-order valence-corrected chi connectivity index (χ4v) is 3.17. The first-order valence-corrected chi connectivity index (χ1v) is 8.92. The molecule has 146 valence electrons. The predicted octanol–water partition coefficient (Wildman–Crippen LogP) is 2.07. The van der Waals surface area contributed by atoms with Crippen molar-refractivity contribution in [2.45, 2.75) is 6.04 Å². The van der Waals surface area contributed by atoms with Crippen LogP contribution in [0.4, 0.5) is 0 Å². The molecule has 1 aliphatic rings. The first-order chi connectivity index (χ1) is 13.4. The zero-order valence-corrected chi connectivity index (χ0v) is 16.1. The number of carbonyl (C=O) groups is 2. The number of benzene rings is 1. The van der Waals surface area contributed by atoms with Gasteiger partial charge in [-0.05, 0) is 50.5 Å². The topological polar surface area (TPSA) is 83.0 Å². The SMILES string of the molecule is COc1ccc(/C(O)=C2/C(=O)C(=O)N(CCN(C)C)C2c2ccccn2)cc1. The summed E-state index contributed by atoms with van der Waals surface area (Å²) in [6, 6.07) is 11.2. The Kier molecular flexibility index (Phi) is 5.75. The molecule has 0 bridgehead atoms. The Morgan fingerprint density at radius 2 is 1.89 bits per heavy atom. The van der Waals surface area contributed by atoms with Crippen LogP contribution in [-0.2, 0) is 9.59 Å². The molecule has 0 spiro atoms. The number of Topliss-reactive ketones (excluding diaryl/α,β-unsaturated/α-hetero) is 1. The van der Waals surface area contributed by atoms with Gasteiger partial charge in [-0.3, -0.25) is 14.6 Å². The van der Waals surface area contributed by atoms with E-state index in [4.69, 9.17) is 4.74 Å². The standard InChI is InChI=1S/C21H23N3O4/c1-23(2)12-13-24-18(16-6-4-5-11-22-16)17(20(26)21(24)27)19(25)14-7-9-15(28-3)10-8-14/h4-11,18,25H,12-13H2,1-3H3/b19-17-. The average molecular weight is 381 g/mol. The van der Waals surface area contributed by atoms with E-state index in [1.165, 1.54) is 4.90 Å². The molecule has 28 heavy (non-hydrogen) atoms. The van der Waals surface area contributed by atoms with Gasteiger partial charge in [0.05, 0.1) is 18.4 Å². The fourth-order valence-electron chi connectivity index (χ4n) is 3.17. The van der Waals surface area contributed by atoms with Crippen LogP contribution in [0.15, 0.2) is 54.2 Å². The number of aliphatic hydroxyl groups excluding tert-OH is 1. The lowest BCUT2D eigenvalue weighted by Gasteiger charge is -2.25. The molecule has 1 amide bonds. The Bertz CT molecular complexity index is 892. The van der Waals surface area contributed by atoms with E-state index < -0.39 is 17.7 Å². The van der Waals surface area contributed by atoms with E-state index in [9.17, 15) is 14.7 Å². The summed E-state index contributed by atoms with van der Waals surface area (Å²) in [5.41, 5.74) is 1.02. The molecule has 1 saturated heterocycles. The second kappa shape index (κ2) is 8.22. The van der Waals surface area contributed by atoms with Crippen LogP contribution >= 0.6 is 0 Å². The van der Waals surface area contributed by atoms with E-state index in [-0.39, 0.29) is 11.3 Å². The van der Waals surface area contributed by atoms with Crippen molar-refractivity contribution in [3.63, 3.8) is 0 Å². The van der Waals surface area contributed by atoms with Crippen LogP contribution in [0, 0.1) is 0 Å². The molecular formula is C21H23N3O4. The minimum absolute atomic E-state index is 0.0487. The van der Waals surface area contributed by atoms with E-state index in [0.29, 0.717) is 30.1 Å². The molecule has 7 nitrogen and oxygen atoms in total. The summed E-state index contributed by atoms with van der Waals surface area (Å²) < 4.78 is 5.13. The number of likely N-dealkylation sites (N-methyl/N-ethyl adjacent to an activating group) is 1. The zero-order chi connectivity index (χ0) is 20.3. The number of ether oxygens (including phenoxy) is 1. The number of amides is 1. The number of methoxy groups -OCH3 is 1. The number of likely N-dealkylation sites (tertiary alicyclic amines) is 1. The first kappa shape index (κ1) is 19.6. The lowest BCUT2D eigenvalue weighted by atomic mass is 9.98. The average Bonchev–Trinajstić information content (AvgIpc) is 2.97. The third-order valence-electron chi connectivity index (χ3n) is 4.66. The predicted molar refractivity (Wildman–Crippen MR) is 105 cm³/mol. The number of rotatable bonds is 6. The summed E-state index contributed by atoms with van der Waals surface area (Å²) in [5.74, 6) is -0.927. The maximum absolute atomic E-state index is 12.8. The fraction of sp³-hybridized carbons (Fsp3) is 0.286. The normalized spacial score (nSPS) is 18.7. The molecule has 1 unspecified atom stereocenters. The lowest BCUT2D eigenvalue weighted by Crippen LogP contribution is -2.35. The number of nitrogens with zero attached hydrogens (tertiary/aromatic N) is 3. The maximum atomic E-state index is 12.8. The van der Waals surface area contributed by atoms with E-state index >= 15 is 0 Å². The third-order valence-corrected chi connectivity index (χ3v) is 4.66. The molecule has 1 aliphatic heterocycles. The van der Waals surface area contributed by atoms with Crippen molar-refractivity contribution in [3.05, 3.63) is 65.5 Å². The summed E-state index contributed by atoms with van der Waals surface area (Å²) in [4.78, 5) is 33.3. The summed E-state index contributed by atoms with van der Waals surface area (Å²) in [7, 11) is 5.33. The van der Waals surface area contributed by atoms with Gasteiger partial charge < -0.3 is 19.6 Å². The van der Waals surface area contributed by atoms with Crippen molar-refractivity contribution >= 4 is 17.4 Å². The van der Waals surface area contributed by atoms with Crippen LogP contribution in [0.3, 0.4) is 0 Å². The van der Waals surface area contributed by atoms with Gasteiger partial charge in [0.1, 0.15) is 17.6 Å². The Hall–Kier alpha value is -3.19. The number of carbonyl (C=O) groups excluding carboxylic acids is 2. The molecule has 1 aromatic heterocycles. The van der Waals surface area contributed by atoms with Gasteiger partial charge in [0, 0.05) is 24.8 Å². The monoisotopic (exact) mass is 381 g/mol. The number of aromatic nitrogens is 1. The molecule has 1 fully saturated rings. The summed E-state index contributed by atoms with van der Waals surface area (Å²) in [5, 5.41) is 10.9. The Labute approximate surface area is 163 Å². The Morgan fingerprint density at radius 3 is 2.46 bits per heavy atom. The number of hydrogen-bond donors (Lipinski definition) is 1. The van der Waals surface area contributed by atoms with Crippen molar-refractivity contribution in [2.75, 3.05) is 34.3 Å². The molecular weight excluding hydrogens is 358 g/mol. The highest BCUT2D eigenvalue weighted by Gasteiger charge is 2.46. The van der Waals surface area contributed by atoms with Crippen molar-refractivity contribution in [3.8, 4) is 5.75 Å². The Balaban J connectivity index is 2.10. The molecule has 1 atom stereocenters. The number of aliphatic hydroxyl groups is 1. The minimum atomic E-state index is -0.733. The zero-order valence-electron chi connectivity index (χ0n) is 16.1. The Morgan fingerprint density at radius 1 is 1.18 bits per heavy atom. The van der Waals surface area contributed by atoms with E-state index in [0.717, 1.165) is 0 Å². The maximum Gasteiger partial charge on any atom is 0.295 e. The van der Waals surface area contributed by atoms with Gasteiger partial charge in [-0.1, -0.05) is 6.07 Å². The largest absolute Gasteiger partial charge is 0.507 e. The summed E-state index contributed by atoms with van der Waals surface area (Å²) >= 11 is 0. The van der Waals surface area contributed by atoms with Gasteiger partial charge in [-0.15, -0.1) is 0 Å². The number of pyridine rings is 1. The third kappa shape index (κ3) is 3.75.